The smallest absolute Gasteiger partial charge is 0.308 e. The first-order valence-corrected chi connectivity index (χ1v) is 6.86. The number of aromatic nitrogens is 1. The lowest BCUT2D eigenvalue weighted by atomic mass is 10.1. The number of anilines is 1. The minimum atomic E-state index is -0.797. The Morgan fingerprint density at radius 2 is 2.20 bits per heavy atom. The second-order valence-electron chi connectivity index (χ2n) is 5.45. The summed E-state index contributed by atoms with van der Waals surface area (Å²) in [6.45, 7) is 0.991. The third-order valence-electron chi connectivity index (χ3n) is 4.13. The molecule has 0 bridgehead atoms. The van der Waals surface area contributed by atoms with Crippen LogP contribution in [0.15, 0.2) is 6.07 Å². The van der Waals surface area contributed by atoms with Crippen molar-refractivity contribution in [3.63, 3.8) is 0 Å². The molecule has 1 amide bonds. The van der Waals surface area contributed by atoms with Crippen LogP contribution in [0.3, 0.4) is 0 Å². The Bertz CT molecular complexity index is 585. The van der Waals surface area contributed by atoms with Crippen molar-refractivity contribution < 1.29 is 14.7 Å². The zero-order valence-electron chi connectivity index (χ0n) is 11.1. The quantitative estimate of drug-likeness (QED) is 0.841. The lowest BCUT2D eigenvalue weighted by Gasteiger charge is -2.20. The monoisotopic (exact) mass is 275 g/mol. The van der Waals surface area contributed by atoms with Crippen molar-refractivity contribution in [2.75, 3.05) is 18.0 Å². The van der Waals surface area contributed by atoms with Crippen molar-refractivity contribution in [3.05, 3.63) is 22.9 Å². The molecule has 1 saturated heterocycles. The molecule has 6 heteroatoms. The van der Waals surface area contributed by atoms with E-state index in [0.29, 0.717) is 30.9 Å². The number of primary amides is 1. The number of pyridine rings is 1. The zero-order chi connectivity index (χ0) is 14.3. The van der Waals surface area contributed by atoms with E-state index >= 15 is 0 Å². The fourth-order valence-electron chi connectivity index (χ4n) is 3.04. The molecule has 2 aliphatic rings. The van der Waals surface area contributed by atoms with Crippen LogP contribution in [0.2, 0.25) is 0 Å². The number of carbonyl (C=O) groups excluding carboxylic acids is 1. The maximum Gasteiger partial charge on any atom is 0.308 e. The van der Waals surface area contributed by atoms with Crippen LogP contribution >= 0.6 is 0 Å². The van der Waals surface area contributed by atoms with Crippen molar-refractivity contribution >= 4 is 17.7 Å². The highest BCUT2D eigenvalue weighted by molar-refractivity contribution is 5.98. The second-order valence-corrected chi connectivity index (χ2v) is 5.45. The van der Waals surface area contributed by atoms with Crippen molar-refractivity contribution in [1.82, 2.24) is 4.98 Å². The predicted octanol–water partition coefficient (Wildman–Crippen LogP) is 0.580. The van der Waals surface area contributed by atoms with Gasteiger partial charge in [-0.3, -0.25) is 9.59 Å². The van der Waals surface area contributed by atoms with Gasteiger partial charge in [0.2, 0.25) is 0 Å². The zero-order valence-corrected chi connectivity index (χ0v) is 11.1. The van der Waals surface area contributed by atoms with E-state index in [0.717, 1.165) is 30.5 Å². The molecule has 106 valence electrons. The van der Waals surface area contributed by atoms with Crippen LogP contribution in [0.5, 0.6) is 0 Å². The van der Waals surface area contributed by atoms with Crippen molar-refractivity contribution in [2.45, 2.75) is 25.7 Å². The van der Waals surface area contributed by atoms with E-state index < -0.39 is 17.8 Å². The lowest BCUT2D eigenvalue weighted by molar-refractivity contribution is -0.140. The molecule has 1 aliphatic carbocycles. The summed E-state index contributed by atoms with van der Waals surface area (Å²) in [5.41, 5.74) is 7.97. The standard InChI is InChI=1S/C14H17N3O3/c15-12(18)10-6-8-2-1-3-11(8)16-13(10)17-5-4-9(7-17)14(19)20/h6,9H,1-5,7H2,(H2,15,18)(H,19,20). The molecule has 3 rings (SSSR count). The van der Waals surface area contributed by atoms with Gasteiger partial charge in [-0.05, 0) is 37.3 Å². The number of fused-ring (bicyclic) bond motifs is 1. The Hall–Kier alpha value is -2.11. The highest BCUT2D eigenvalue weighted by atomic mass is 16.4. The van der Waals surface area contributed by atoms with Crippen LogP contribution in [-0.2, 0) is 17.6 Å². The molecule has 1 aromatic heterocycles. The topological polar surface area (TPSA) is 96.5 Å². The Kier molecular flexibility index (Phi) is 3.08. The van der Waals surface area contributed by atoms with Gasteiger partial charge in [-0.1, -0.05) is 0 Å². The molecule has 0 spiro atoms. The van der Waals surface area contributed by atoms with Crippen LogP contribution in [0, 0.1) is 5.92 Å². The number of carbonyl (C=O) groups is 2. The van der Waals surface area contributed by atoms with E-state index in [2.05, 4.69) is 4.98 Å². The fraction of sp³-hybridized carbons (Fsp3) is 0.500. The summed E-state index contributed by atoms with van der Waals surface area (Å²) in [6.07, 6.45) is 3.46. The third-order valence-corrected chi connectivity index (χ3v) is 4.13. The molecule has 1 unspecified atom stereocenters. The normalized spacial score (nSPS) is 21.0. The van der Waals surface area contributed by atoms with Crippen LogP contribution in [0.4, 0.5) is 5.82 Å². The maximum atomic E-state index is 11.6. The van der Waals surface area contributed by atoms with Crippen LogP contribution in [0.25, 0.3) is 0 Å². The molecule has 1 aliphatic heterocycles. The molecule has 20 heavy (non-hydrogen) atoms. The Labute approximate surface area is 116 Å². The van der Waals surface area contributed by atoms with E-state index in [9.17, 15) is 9.59 Å². The van der Waals surface area contributed by atoms with Crippen LogP contribution in [-0.4, -0.2) is 35.1 Å². The highest BCUT2D eigenvalue weighted by Crippen LogP contribution is 2.30. The van der Waals surface area contributed by atoms with E-state index in [-0.39, 0.29) is 0 Å². The minimum absolute atomic E-state index is 0.390. The Morgan fingerprint density at radius 3 is 2.85 bits per heavy atom. The predicted molar refractivity (Wildman–Crippen MR) is 72.7 cm³/mol. The average Bonchev–Trinajstić information content (AvgIpc) is 3.05. The van der Waals surface area contributed by atoms with Crippen LogP contribution in [0.1, 0.15) is 34.5 Å². The summed E-state index contributed by atoms with van der Waals surface area (Å²) in [5, 5.41) is 9.07. The number of hydrogen-bond donors (Lipinski definition) is 2. The molecular formula is C14H17N3O3. The largest absolute Gasteiger partial charge is 0.481 e. The van der Waals surface area contributed by atoms with Gasteiger partial charge in [-0.25, -0.2) is 4.98 Å². The number of hydrogen-bond acceptors (Lipinski definition) is 4. The van der Waals surface area contributed by atoms with Crippen LogP contribution < -0.4 is 10.6 Å². The molecule has 0 radical (unpaired) electrons. The molecule has 6 nitrogen and oxygen atoms in total. The van der Waals surface area contributed by atoms with Gasteiger partial charge >= 0.3 is 5.97 Å². The maximum absolute atomic E-state index is 11.6. The first kappa shape index (κ1) is 12.9. The Morgan fingerprint density at radius 1 is 1.40 bits per heavy atom. The first-order valence-electron chi connectivity index (χ1n) is 6.86. The number of rotatable bonds is 3. The number of aryl methyl sites for hydroxylation is 2. The van der Waals surface area contributed by atoms with Gasteiger partial charge in [0.15, 0.2) is 0 Å². The molecule has 1 atom stereocenters. The summed E-state index contributed by atoms with van der Waals surface area (Å²) in [5.74, 6) is -1.14. The summed E-state index contributed by atoms with van der Waals surface area (Å²) in [6, 6.07) is 1.83. The summed E-state index contributed by atoms with van der Waals surface area (Å²) >= 11 is 0. The number of nitrogens with zero attached hydrogens (tertiary/aromatic N) is 2. The highest BCUT2D eigenvalue weighted by Gasteiger charge is 2.31. The van der Waals surface area contributed by atoms with E-state index in [1.165, 1.54) is 0 Å². The molecule has 2 heterocycles. The summed E-state index contributed by atoms with van der Waals surface area (Å²) in [7, 11) is 0. The number of carboxylic acid groups (broad SMARTS) is 1. The van der Waals surface area contributed by atoms with Crippen molar-refractivity contribution in [2.24, 2.45) is 11.7 Å². The SMILES string of the molecule is NC(=O)c1cc2c(nc1N1CCC(C(=O)O)C1)CCC2. The summed E-state index contributed by atoms with van der Waals surface area (Å²) in [4.78, 5) is 29.1. The molecule has 3 N–H and O–H groups in total. The molecular weight excluding hydrogens is 258 g/mol. The molecule has 0 aromatic carbocycles. The molecule has 1 aromatic rings. The lowest BCUT2D eigenvalue weighted by Crippen LogP contribution is -2.27. The Balaban J connectivity index is 1.96. The van der Waals surface area contributed by atoms with Crippen molar-refractivity contribution in [3.8, 4) is 0 Å². The van der Waals surface area contributed by atoms with E-state index in [1.54, 1.807) is 0 Å². The van der Waals surface area contributed by atoms with Gasteiger partial charge in [0, 0.05) is 18.8 Å². The van der Waals surface area contributed by atoms with Gasteiger partial charge in [-0.2, -0.15) is 0 Å². The first-order chi connectivity index (χ1) is 9.56. The number of nitrogens with two attached hydrogens (primary N) is 1. The number of amides is 1. The number of carboxylic acids is 1. The number of aliphatic carboxylic acids is 1. The third kappa shape index (κ3) is 2.11. The molecule has 1 fully saturated rings. The van der Waals surface area contributed by atoms with Gasteiger partial charge in [0.05, 0.1) is 11.5 Å². The molecule has 0 saturated carbocycles. The van der Waals surface area contributed by atoms with Gasteiger partial charge < -0.3 is 15.7 Å². The average molecular weight is 275 g/mol. The minimum Gasteiger partial charge on any atom is -0.481 e. The van der Waals surface area contributed by atoms with Gasteiger partial charge in [-0.15, -0.1) is 0 Å². The van der Waals surface area contributed by atoms with Gasteiger partial charge in [0.1, 0.15) is 5.82 Å². The van der Waals surface area contributed by atoms with E-state index in [1.807, 2.05) is 11.0 Å². The van der Waals surface area contributed by atoms with E-state index in [4.69, 9.17) is 10.8 Å². The summed E-state index contributed by atoms with van der Waals surface area (Å²) < 4.78 is 0. The van der Waals surface area contributed by atoms with Gasteiger partial charge in [0.25, 0.3) is 5.91 Å². The fourth-order valence-corrected chi connectivity index (χ4v) is 3.04. The van der Waals surface area contributed by atoms with Crippen molar-refractivity contribution in [1.29, 1.82) is 0 Å². The second kappa shape index (κ2) is 4.77.